The standard InChI is InChI=1S/C11H15N3O.C2H6/c1-12-11(15)13-10-5-3-4-8-6-14(2)7-9(8)10;1-2/h3-5H,6-7H2,1-2H3,(H2,12,13,15);1-2H3. The number of nitrogens with one attached hydrogen (secondary N) is 2. The van der Waals surface area contributed by atoms with Gasteiger partial charge in [-0.1, -0.05) is 26.0 Å². The minimum atomic E-state index is -0.169. The molecule has 0 bridgehead atoms. The second kappa shape index (κ2) is 6.25. The number of fused-ring (bicyclic) bond motifs is 1. The van der Waals surface area contributed by atoms with E-state index in [1.807, 2.05) is 26.0 Å². The Hall–Kier alpha value is -1.55. The highest BCUT2D eigenvalue weighted by Gasteiger charge is 2.18. The predicted octanol–water partition coefficient (Wildman–Crippen LogP) is 2.41. The molecule has 1 aliphatic heterocycles. The lowest BCUT2D eigenvalue weighted by atomic mass is 10.1. The Balaban J connectivity index is 0.000000686. The molecule has 2 rings (SSSR count). The molecule has 0 aliphatic carbocycles. The molecule has 4 heteroatoms. The van der Waals surface area contributed by atoms with Crippen LogP contribution in [-0.4, -0.2) is 25.0 Å². The number of amides is 2. The number of urea groups is 1. The van der Waals surface area contributed by atoms with Crippen molar-refractivity contribution in [1.82, 2.24) is 10.2 Å². The van der Waals surface area contributed by atoms with Crippen molar-refractivity contribution in [3.8, 4) is 0 Å². The Morgan fingerprint density at radius 3 is 2.65 bits per heavy atom. The van der Waals surface area contributed by atoms with Crippen LogP contribution >= 0.6 is 0 Å². The lowest BCUT2D eigenvalue weighted by molar-refractivity contribution is 0.254. The molecular weight excluding hydrogens is 214 g/mol. The Morgan fingerprint density at radius 2 is 2.00 bits per heavy atom. The fraction of sp³-hybridized carbons (Fsp3) is 0.462. The predicted molar refractivity (Wildman–Crippen MR) is 71.0 cm³/mol. The van der Waals surface area contributed by atoms with Gasteiger partial charge in [0.2, 0.25) is 0 Å². The van der Waals surface area contributed by atoms with Gasteiger partial charge in [0.05, 0.1) is 0 Å². The monoisotopic (exact) mass is 235 g/mol. The highest BCUT2D eigenvalue weighted by atomic mass is 16.2. The largest absolute Gasteiger partial charge is 0.341 e. The summed E-state index contributed by atoms with van der Waals surface area (Å²) in [4.78, 5) is 13.4. The molecule has 2 amide bonds. The first-order valence-corrected chi connectivity index (χ1v) is 5.98. The van der Waals surface area contributed by atoms with E-state index in [1.54, 1.807) is 7.05 Å². The number of benzene rings is 1. The molecule has 0 fully saturated rings. The van der Waals surface area contributed by atoms with Crippen LogP contribution in [-0.2, 0) is 13.1 Å². The first-order chi connectivity index (χ1) is 8.20. The molecule has 0 atom stereocenters. The molecule has 0 spiro atoms. The average molecular weight is 235 g/mol. The number of hydrogen-bond acceptors (Lipinski definition) is 2. The van der Waals surface area contributed by atoms with E-state index in [4.69, 9.17) is 0 Å². The Morgan fingerprint density at radius 1 is 1.29 bits per heavy atom. The van der Waals surface area contributed by atoms with Crippen molar-refractivity contribution in [1.29, 1.82) is 0 Å². The van der Waals surface area contributed by atoms with E-state index in [9.17, 15) is 4.79 Å². The maximum atomic E-state index is 11.2. The summed E-state index contributed by atoms with van der Waals surface area (Å²) in [6, 6.07) is 5.85. The van der Waals surface area contributed by atoms with Crippen LogP contribution in [0.1, 0.15) is 25.0 Å². The third kappa shape index (κ3) is 3.20. The molecule has 1 aromatic carbocycles. The van der Waals surface area contributed by atoms with Crippen LogP contribution in [0.5, 0.6) is 0 Å². The summed E-state index contributed by atoms with van der Waals surface area (Å²) in [7, 11) is 3.69. The van der Waals surface area contributed by atoms with Crippen molar-refractivity contribution < 1.29 is 4.79 Å². The van der Waals surface area contributed by atoms with Crippen LogP contribution in [0.3, 0.4) is 0 Å². The second-order valence-corrected chi connectivity index (χ2v) is 3.82. The number of hydrogen-bond donors (Lipinski definition) is 2. The second-order valence-electron chi connectivity index (χ2n) is 3.82. The van der Waals surface area contributed by atoms with Gasteiger partial charge in [0.15, 0.2) is 0 Å². The molecule has 0 radical (unpaired) electrons. The fourth-order valence-corrected chi connectivity index (χ4v) is 1.89. The normalized spacial score (nSPS) is 13.4. The van der Waals surface area contributed by atoms with Gasteiger partial charge in [-0.2, -0.15) is 0 Å². The lowest BCUT2D eigenvalue weighted by Gasteiger charge is -2.09. The zero-order valence-corrected chi connectivity index (χ0v) is 11.0. The Bertz CT molecular complexity index is 390. The summed E-state index contributed by atoms with van der Waals surface area (Å²) in [6.45, 7) is 5.86. The number of nitrogens with zero attached hydrogens (tertiary/aromatic N) is 1. The van der Waals surface area contributed by atoms with Crippen molar-refractivity contribution in [3.63, 3.8) is 0 Å². The number of carbonyl (C=O) groups is 1. The molecule has 0 aromatic heterocycles. The molecule has 0 saturated heterocycles. The van der Waals surface area contributed by atoms with Gasteiger partial charge in [-0.3, -0.25) is 4.90 Å². The molecule has 0 saturated carbocycles. The van der Waals surface area contributed by atoms with Crippen LogP contribution in [0.15, 0.2) is 18.2 Å². The average Bonchev–Trinajstić information content (AvgIpc) is 2.73. The van der Waals surface area contributed by atoms with Crippen LogP contribution in [0.25, 0.3) is 0 Å². The quantitative estimate of drug-likeness (QED) is 0.785. The molecular formula is C13H21N3O. The van der Waals surface area contributed by atoms with Gasteiger partial charge in [-0.05, 0) is 24.2 Å². The first-order valence-electron chi connectivity index (χ1n) is 5.98. The summed E-state index contributed by atoms with van der Waals surface area (Å²) in [5.74, 6) is 0. The SMILES string of the molecule is CC.CNC(=O)Nc1cccc2c1CN(C)C2. The van der Waals surface area contributed by atoms with E-state index in [0.29, 0.717) is 0 Å². The van der Waals surface area contributed by atoms with E-state index < -0.39 is 0 Å². The van der Waals surface area contributed by atoms with Crippen LogP contribution in [0.4, 0.5) is 10.5 Å². The van der Waals surface area contributed by atoms with Gasteiger partial charge in [0.1, 0.15) is 0 Å². The Labute approximate surface area is 103 Å². The Kier molecular flexibility index (Phi) is 4.97. The van der Waals surface area contributed by atoms with Crippen LogP contribution in [0, 0.1) is 0 Å². The molecule has 0 unspecified atom stereocenters. The smallest absolute Gasteiger partial charge is 0.318 e. The number of carbonyl (C=O) groups excluding carboxylic acids is 1. The molecule has 1 aliphatic rings. The third-order valence-electron chi connectivity index (χ3n) is 2.62. The minimum Gasteiger partial charge on any atom is -0.341 e. The molecule has 17 heavy (non-hydrogen) atoms. The van der Waals surface area contributed by atoms with Gasteiger partial charge in [-0.15, -0.1) is 0 Å². The summed E-state index contributed by atoms with van der Waals surface area (Å²) < 4.78 is 0. The first kappa shape index (κ1) is 13.5. The van der Waals surface area contributed by atoms with Crippen LogP contribution in [0.2, 0.25) is 0 Å². The van der Waals surface area contributed by atoms with E-state index >= 15 is 0 Å². The molecule has 2 N–H and O–H groups in total. The van der Waals surface area contributed by atoms with Gasteiger partial charge in [-0.25, -0.2) is 4.79 Å². The van der Waals surface area contributed by atoms with E-state index in [1.165, 1.54) is 11.1 Å². The van der Waals surface area contributed by atoms with Crippen molar-refractivity contribution in [3.05, 3.63) is 29.3 Å². The third-order valence-corrected chi connectivity index (χ3v) is 2.62. The van der Waals surface area contributed by atoms with Gasteiger partial charge in [0, 0.05) is 25.8 Å². The molecule has 1 heterocycles. The van der Waals surface area contributed by atoms with E-state index in [2.05, 4.69) is 28.6 Å². The maximum Gasteiger partial charge on any atom is 0.318 e. The van der Waals surface area contributed by atoms with Gasteiger partial charge < -0.3 is 10.6 Å². The van der Waals surface area contributed by atoms with Gasteiger partial charge >= 0.3 is 6.03 Å². The van der Waals surface area contributed by atoms with Crippen molar-refractivity contribution in [2.75, 3.05) is 19.4 Å². The zero-order chi connectivity index (χ0) is 12.8. The van der Waals surface area contributed by atoms with Crippen molar-refractivity contribution in [2.24, 2.45) is 0 Å². The number of rotatable bonds is 1. The van der Waals surface area contributed by atoms with E-state index in [-0.39, 0.29) is 6.03 Å². The summed E-state index contributed by atoms with van der Waals surface area (Å²) >= 11 is 0. The molecule has 4 nitrogen and oxygen atoms in total. The lowest BCUT2D eigenvalue weighted by Crippen LogP contribution is -2.25. The highest BCUT2D eigenvalue weighted by molar-refractivity contribution is 5.90. The minimum absolute atomic E-state index is 0.169. The van der Waals surface area contributed by atoms with Crippen molar-refractivity contribution >= 4 is 11.7 Å². The number of anilines is 1. The summed E-state index contributed by atoms with van der Waals surface area (Å²) in [6.07, 6.45) is 0. The summed E-state index contributed by atoms with van der Waals surface area (Å²) in [5.41, 5.74) is 3.44. The fourth-order valence-electron chi connectivity index (χ4n) is 1.89. The maximum absolute atomic E-state index is 11.2. The van der Waals surface area contributed by atoms with Crippen LogP contribution < -0.4 is 10.6 Å². The zero-order valence-electron chi connectivity index (χ0n) is 11.0. The van der Waals surface area contributed by atoms with E-state index in [0.717, 1.165) is 18.8 Å². The molecule has 1 aromatic rings. The van der Waals surface area contributed by atoms with Gasteiger partial charge in [0.25, 0.3) is 0 Å². The highest BCUT2D eigenvalue weighted by Crippen LogP contribution is 2.27. The summed E-state index contributed by atoms with van der Waals surface area (Å²) in [5, 5.41) is 5.39. The van der Waals surface area contributed by atoms with Crippen molar-refractivity contribution in [2.45, 2.75) is 26.9 Å². The molecule has 94 valence electrons. The topological polar surface area (TPSA) is 44.4 Å².